The molecule has 1 saturated heterocycles. The molecule has 0 saturated carbocycles. The minimum atomic E-state index is -3.95. The normalized spacial score (nSPS) is 22.7. The quantitative estimate of drug-likeness (QED) is 0.478. The highest BCUT2D eigenvalue weighted by Crippen LogP contribution is 2.23. The van der Waals surface area contributed by atoms with Gasteiger partial charge in [-0.15, -0.1) is 0 Å². The van der Waals surface area contributed by atoms with Crippen molar-refractivity contribution >= 4 is 39.2 Å². The summed E-state index contributed by atoms with van der Waals surface area (Å²) >= 11 is 5.79. The summed E-state index contributed by atoms with van der Waals surface area (Å²) in [5.41, 5.74) is 5.69. The third kappa shape index (κ3) is 5.07. The molecule has 144 valence electrons. The number of anilines is 1. The number of hydrogen-bond donors (Lipinski definition) is 4. The van der Waals surface area contributed by atoms with E-state index in [1.165, 1.54) is 12.1 Å². The van der Waals surface area contributed by atoms with Gasteiger partial charge in [0.25, 0.3) is 10.0 Å². The van der Waals surface area contributed by atoms with E-state index < -0.39 is 39.2 Å². The monoisotopic (exact) mass is 404 g/mol. The highest BCUT2D eigenvalue weighted by atomic mass is 35.5. The zero-order chi connectivity index (χ0) is 19.3. The van der Waals surface area contributed by atoms with Crippen molar-refractivity contribution in [2.24, 2.45) is 5.92 Å². The van der Waals surface area contributed by atoms with Gasteiger partial charge in [-0.05, 0) is 38.1 Å². The fourth-order valence-electron chi connectivity index (χ4n) is 2.53. The molecule has 0 bridgehead atoms. The molecule has 3 unspecified atom stereocenters. The lowest BCUT2D eigenvalue weighted by Gasteiger charge is -2.21. The number of sulfonamides is 1. The summed E-state index contributed by atoms with van der Waals surface area (Å²) in [7, 11) is -3.95. The van der Waals surface area contributed by atoms with Crippen molar-refractivity contribution in [2.45, 2.75) is 25.3 Å². The highest BCUT2D eigenvalue weighted by molar-refractivity contribution is 7.93. The number of hydrogen-bond acceptors (Lipinski definition) is 7. The third-order valence-electron chi connectivity index (χ3n) is 3.77. The molecule has 1 aromatic carbocycles. The van der Waals surface area contributed by atoms with Gasteiger partial charge in [0.15, 0.2) is 5.37 Å². The Balaban J connectivity index is 2.09. The molecule has 0 aliphatic carbocycles. The second kappa shape index (κ2) is 8.67. The average molecular weight is 405 g/mol. The predicted molar refractivity (Wildman–Crippen MR) is 96.6 cm³/mol. The van der Waals surface area contributed by atoms with Crippen LogP contribution in [0.2, 0.25) is 5.02 Å². The first-order valence-corrected chi connectivity index (χ1v) is 9.88. The third-order valence-corrected chi connectivity index (χ3v) is 5.62. The zero-order valence-corrected chi connectivity index (χ0v) is 15.9. The Kier molecular flexibility index (Phi) is 6.81. The van der Waals surface area contributed by atoms with Crippen LogP contribution in [0.15, 0.2) is 24.3 Å². The van der Waals surface area contributed by atoms with E-state index >= 15 is 0 Å². The molecule has 0 aromatic heterocycles. The molecule has 1 aliphatic heterocycles. The van der Waals surface area contributed by atoms with Crippen LogP contribution in [0.4, 0.5) is 5.69 Å². The van der Waals surface area contributed by atoms with E-state index in [-0.39, 0.29) is 13.2 Å². The van der Waals surface area contributed by atoms with Gasteiger partial charge < -0.3 is 10.1 Å². The number of nitrogens with one attached hydrogen (secondary N) is 4. The number of benzene rings is 1. The summed E-state index contributed by atoms with van der Waals surface area (Å²) in [6, 6.07) is 5.66. The fourth-order valence-corrected chi connectivity index (χ4v) is 4.21. The molecule has 4 N–H and O–H groups in total. The first-order chi connectivity index (χ1) is 12.2. The second-order valence-corrected chi connectivity index (χ2v) is 7.94. The van der Waals surface area contributed by atoms with Crippen molar-refractivity contribution in [1.82, 2.24) is 16.2 Å². The number of rotatable bonds is 7. The molecule has 9 nitrogen and oxygen atoms in total. The summed E-state index contributed by atoms with van der Waals surface area (Å²) in [5, 5.41) is 1.65. The van der Waals surface area contributed by atoms with Crippen molar-refractivity contribution in [3.8, 4) is 0 Å². The molecule has 1 amide bonds. The lowest BCUT2D eigenvalue weighted by molar-refractivity contribution is -0.143. The topological polar surface area (TPSA) is 126 Å². The van der Waals surface area contributed by atoms with Crippen molar-refractivity contribution in [2.75, 3.05) is 17.9 Å². The van der Waals surface area contributed by atoms with Crippen molar-refractivity contribution in [3.05, 3.63) is 29.3 Å². The minimum absolute atomic E-state index is 0.194. The molecule has 26 heavy (non-hydrogen) atoms. The first kappa shape index (κ1) is 20.4. The molecular weight excluding hydrogens is 384 g/mol. The van der Waals surface area contributed by atoms with Crippen molar-refractivity contribution in [3.63, 3.8) is 0 Å². The van der Waals surface area contributed by atoms with Gasteiger partial charge in [0.1, 0.15) is 6.54 Å². The van der Waals surface area contributed by atoms with E-state index in [1.807, 2.05) is 0 Å². The molecule has 0 spiro atoms. The van der Waals surface area contributed by atoms with Gasteiger partial charge in [-0.1, -0.05) is 11.6 Å². The summed E-state index contributed by atoms with van der Waals surface area (Å²) in [4.78, 5) is 23.8. The van der Waals surface area contributed by atoms with Gasteiger partial charge in [0.05, 0.1) is 12.5 Å². The Hall–Kier alpha value is -1.88. The standard InChI is InChI=1S/C15H21ClN4O5S/c1-3-25-12(21)8-17-14(22)13-9(2)18-19-15(13)26(23,24)20-11-6-4-10(16)5-7-11/h4-7,9,13,15,18-20H,3,8H2,1-2H3,(H,17,22). The Bertz CT molecular complexity index is 756. The Morgan fingerprint density at radius 2 is 1.88 bits per heavy atom. The minimum Gasteiger partial charge on any atom is -0.465 e. The molecule has 11 heteroatoms. The van der Waals surface area contributed by atoms with Crippen LogP contribution in [0.25, 0.3) is 0 Å². The van der Waals surface area contributed by atoms with Crippen LogP contribution in [0.5, 0.6) is 0 Å². The van der Waals surface area contributed by atoms with Crippen LogP contribution in [0, 0.1) is 5.92 Å². The molecule has 1 aromatic rings. The summed E-state index contributed by atoms with van der Waals surface area (Å²) in [6.07, 6.45) is 0. The summed E-state index contributed by atoms with van der Waals surface area (Å²) in [5.74, 6) is -2.12. The van der Waals surface area contributed by atoms with Gasteiger partial charge in [0.2, 0.25) is 5.91 Å². The fraction of sp³-hybridized carbons (Fsp3) is 0.467. The van der Waals surface area contributed by atoms with Crippen molar-refractivity contribution < 1.29 is 22.7 Å². The number of esters is 1. The first-order valence-electron chi connectivity index (χ1n) is 7.96. The van der Waals surface area contributed by atoms with Gasteiger partial charge in [-0.3, -0.25) is 19.7 Å². The van der Waals surface area contributed by atoms with Gasteiger partial charge in [0, 0.05) is 16.8 Å². The SMILES string of the molecule is CCOC(=O)CNC(=O)C1C(C)NNC1S(=O)(=O)Nc1ccc(Cl)cc1. The Morgan fingerprint density at radius 1 is 1.23 bits per heavy atom. The predicted octanol–water partition coefficient (Wildman–Crippen LogP) is 0.200. The van der Waals surface area contributed by atoms with Crippen LogP contribution in [0.3, 0.4) is 0 Å². The second-order valence-electron chi connectivity index (χ2n) is 5.70. The lowest BCUT2D eigenvalue weighted by Crippen LogP contribution is -2.48. The molecule has 3 atom stereocenters. The van der Waals surface area contributed by atoms with Crippen molar-refractivity contribution in [1.29, 1.82) is 0 Å². The molecule has 1 heterocycles. The van der Waals surface area contributed by atoms with Crippen LogP contribution in [-0.2, 0) is 24.3 Å². The van der Waals surface area contributed by atoms with E-state index in [9.17, 15) is 18.0 Å². The summed E-state index contributed by atoms with van der Waals surface area (Å²) < 4.78 is 32.5. The summed E-state index contributed by atoms with van der Waals surface area (Å²) in [6.45, 7) is 3.18. The van der Waals surface area contributed by atoms with Crippen LogP contribution in [-0.4, -0.2) is 44.9 Å². The van der Waals surface area contributed by atoms with E-state index in [4.69, 9.17) is 16.3 Å². The molecule has 0 radical (unpaired) electrons. The average Bonchev–Trinajstić information content (AvgIpc) is 2.97. The maximum atomic E-state index is 12.7. The maximum Gasteiger partial charge on any atom is 0.325 e. The largest absolute Gasteiger partial charge is 0.465 e. The molecule has 1 aliphatic rings. The maximum absolute atomic E-state index is 12.7. The van der Waals surface area contributed by atoms with E-state index in [0.29, 0.717) is 10.7 Å². The van der Waals surface area contributed by atoms with Crippen LogP contribution >= 0.6 is 11.6 Å². The van der Waals surface area contributed by atoms with E-state index in [0.717, 1.165) is 0 Å². The molecular formula is C15H21ClN4O5S. The number of carbonyl (C=O) groups excluding carboxylic acids is 2. The van der Waals surface area contributed by atoms with Gasteiger partial charge in [-0.2, -0.15) is 0 Å². The smallest absolute Gasteiger partial charge is 0.325 e. The highest BCUT2D eigenvalue weighted by Gasteiger charge is 2.46. The number of ether oxygens (including phenoxy) is 1. The van der Waals surface area contributed by atoms with Gasteiger partial charge in [-0.25, -0.2) is 13.8 Å². The molecule has 1 fully saturated rings. The number of hydrazine groups is 1. The van der Waals surface area contributed by atoms with Gasteiger partial charge >= 0.3 is 5.97 Å². The Morgan fingerprint density at radius 3 is 2.50 bits per heavy atom. The number of carbonyl (C=O) groups is 2. The van der Waals surface area contributed by atoms with E-state index in [2.05, 4.69) is 20.9 Å². The number of halogens is 1. The van der Waals surface area contributed by atoms with Crippen LogP contribution < -0.4 is 20.9 Å². The zero-order valence-electron chi connectivity index (χ0n) is 14.3. The molecule has 2 rings (SSSR count). The lowest BCUT2D eigenvalue weighted by atomic mass is 10.0. The number of amides is 1. The Labute approximate surface area is 156 Å². The van der Waals surface area contributed by atoms with Crippen LogP contribution in [0.1, 0.15) is 13.8 Å². The van der Waals surface area contributed by atoms with E-state index in [1.54, 1.807) is 26.0 Å².